The SMILES string of the molecule is CNCc1ccc(N(C)C(C)c2cccs2)c(Cl)c1. The molecule has 0 saturated heterocycles. The van der Waals surface area contributed by atoms with E-state index in [4.69, 9.17) is 11.6 Å². The smallest absolute Gasteiger partial charge is 0.0642 e. The highest BCUT2D eigenvalue weighted by molar-refractivity contribution is 7.10. The highest BCUT2D eigenvalue weighted by Gasteiger charge is 2.15. The fourth-order valence-electron chi connectivity index (χ4n) is 2.08. The van der Waals surface area contributed by atoms with Gasteiger partial charge in [-0.2, -0.15) is 0 Å². The Bertz CT molecular complexity index is 525. The number of thiophene rings is 1. The minimum atomic E-state index is 0.327. The maximum atomic E-state index is 6.40. The lowest BCUT2D eigenvalue weighted by molar-refractivity contribution is 0.753. The first kappa shape index (κ1) is 14.4. The van der Waals surface area contributed by atoms with Gasteiger partial charge in [0.1, 0.15) is 0 Å². The quantitative estimate of drug-likeness (QED) is 0.883. The molecule has 4 heteroatoms. The van der Waals surface area contributed by atoms with Gasteiger partial charge in [-0.25, -0.2) is 0 Å². The summed E-state index contributed by atoms with van der Waals surface area (Å²) < 4.78 is 0. The Kier molecular flexibility index (Phi) is 4.86. The summed E-state index contributed by atoms with van der Waals surface area (Å²) in [7, 11) is 4.02. The zero-order valence-electron chi connectivity index (χ0n) is 11.5. The second-order valence-corrected chi connectivity index (χ2v) is 6.00. The molecule has 0 fully saturated rings. The van der Waals surface area contributed by atoms with Crippen LogP contribution < -0.4 is 10.2 Å². The van der Waals surface area contributed by atoms with Crippen LogP contribution in [-0.2, 0) is 6.54 Å². The van der Waals surface area contributed by atoms with Crippen molar-refractivity contribution in [1.82, 2.24) is 5.32 Å². The largest absolute Gasteiger partial charge is 0.366 e. The first-order valence-corrected chi connectivity index (χ1v) is 7.58. The van der Waals surface area contributed by atoms with Gasteiger partial charge in [-0.3, -0.25) is 0 Å². The average Bonchev–Trinajstić information content (AvgIpc) is 2.91. The fraction of sp³-hybridized carbons (Fsp3) is 0.333. The molecule has 1 unspecified atom stereocenters. The fourth-order valence-corrected chi connectivity index (χ4v) is 3.24. The first-order valence-electron chi connectivity index (χ1n) is 6.32. The van der Waals surface area contributed by atoms with Gasteiger partial charge >= 0.3 is 0 Å². The molecule has 1 N–H and O–H groups in total. The lowest BCUT2D eigenvalue weighted by Gasteiger charge is -2.27. The first-order chi connectivity index (χ1) is 9.13. The topological polar surface area (TPSA) is 15.3 Å². The molecular weight excluding hydrogens is 276 g/mol. The Hall–Kier alpha value is -1.03. The van der Waals surface area contributed by atoms with Gasteiger partial charge < -0.3 is 10.2 Å². The molecule has 102 valence electrons. The van der Waals surface area contributed by atoms with E-state index in [1.165, 1.54) is 10.4 Å². The second kappa shape index (κ2) is 6.42. The number of anilines is 1. The van der Waals surface area contributed by atoms with E-state index in [-0.39, 0.29) is 0 Å². The van der Waals surface area contributed by atoms with Crippen LogP contribution in [0.3, 0.4) is 0 Å². The summed E-state index contributed by atoms with van der Waals surface area (Å²) in [4.78, 5) is 3.56. The van der Waals surface area contributed by atoms with Gasteiger partial charge in [0.2, 0.25) is 0 Å². The van der Waals surface area contributed by atoms with Gasteiger partial charge in [0, 0.05) is 18.5 Å². The Morgan fingerprint density at radius 2 is 2.16 bits per heavy atom. The van der Waals surface area contributed by atoms with Crippen LogP contribution in [0.25, 0.3) is 0 Å². The molecule has 2 nitrogen and oxygen atoms in total. The van der Waals surface area contributed by atoms with Gasteiger partial charge in [-0.15, -0.1) is 11.3 Å². The van der Waals surface area contributed by atoms with E-state index in [0.29, 0.717) is 6.04 Å². The van der Waals surface area contributed by atoms with Crippen molar-refractivity contribution in [3.8, 4) is 0 Å². The van der Waals surface area contributed by atoms with Gasteiger partial charge in [-0.1, -0.05) is 23.7 Å². The van der Waals surface area contributed by atoms with Gasteiger partial charge in [0.05, 0.1) is 16.8 Å². The third kappa shape index (κ3) is 3.30. The molecule has 1 aromatic heterocycles. The van der Waals surface area contributed by atoms with Gasteiger partial charge in [0.15, 0.2) is 0 Å². The lowest BCUT2D eigenvalue weighted by Crippen LogP contribution is -2.21. The predicted octanol–water partition coefficient (Wildman–Crippen LogP) is 4.32. The van der Waals surface area contributed by atoms with Gasteiger partial charge in [-0.05, 0) is 43.1 Å². The van der Waals surface area contributed by atoms with E-state index >= 15 is 0 Å². The molecule has 0 aliphatic carbocycles. The van der Waals surface area contributed by atoms with E-state index in [1.807, 2.05) is 13.1 Å². The average molecular weight is 295 g/mol. The predicted molar refractivity (Wildman–Crippen MR) is 85.4 cm³/mol. The molecule has 0 aliphatic heterocycles. The van der Waals surface area contributed by atoms with Crippen molar-refractivity contribution in [2.24, 2.45) is 0 Å². The van der Waals surface area contributed by atoms with Crippen molar-refractivity contribution >= 4 is 28.6 Å². The van der Waals surface area contributed by atoms with Crippen molar-refractivity contribution in [2.75, 3.05) is 19.0 Å². The lowest BCUT2D eigenvalue weighted by atomic mass is 10.1. The second-order valence-electron chi connectivity index (χ2n) is 4.62. The van der Waals surface area contributed by atoms with Crippen molar-refractivity contribution in [2.45, 2.75) is 19.5 Å². The normalized spacial score (nSPS) is 12.4. The van der Waals surface area contributed by atoms with E-state index in [1.54, 1.807) is 11.3 Å². The van der Waals surface area contributed by atoms with E-state index < -0.39 is 0 Å². The zero-order valence-corrected chi connectivity index (χ0v) is 13.1. The summed E-state index contributed by atoms with van der Waals surface area (Å²) in [6.07, 6.45) is 0. The summed E-state index contributed by atoms with van der Waals surface area (Å²) in [6.45, 7) is 3.04. The summed E-state index contributed by atoms with van der Waals surface area (Å²) in [5.41, 5.74) is 2.27. The maximum absolute atomic E-state index is 6.40. The summed E-state index contributed by atoms with van der Waals surface area (Å²) in [5.74, 6) is 0. The minimum absolute atomic E-state index is 0.327. The van der Waals surface area contributed by atoms with Crippen LogP contribution in [-0.4, -0.2) is 14.1 Å². The molecule has 0 saturated carbocycles. The van der Waals surface area contributed by atoms with Crippen LogP contribution >= 0.6 is 22.9 Å². The highest BCUT2D eigenvalue weighted by Crippen LogP contribution is 2.33. The van der Waals surface area contributed by atoms with E-state index in [9.17, 15) is 0 Å². The molecule has 0 bridgehead atoms. The molecule has 0 spiro atoms. The standard InChI is InChI=1S/C15H19ClN2S/c1-11(15-5-4-8-19-15)18(3)14-7-6-12(10-17-2)9-13(14)16/h4-9,11,17H,10H2,1-3H3. The van der Waals surface area contributed by atoms with E-state index in [2.05, 4.69) is 53.8 Å². The Morgan fingerprint density at radius 1 is 1.37 bits per heavy atom. The van der Waals surface area contributed by atoms with E-state index in [0.717, 1.165) is 17.3 Å². The third-order valence-corrected chi connectivity index (χ3v) is 4.65. The Morgan fingerprint density at radius 3 is 2.74 bits per heavy atom. The minimum Gasteiger partial charge on any atom is -0.366 e. The molecule has 0 aliphatic rings. The highest BCUT2D eigenvalue weighted by atomic mass is 35.5. The number of nitrogens with zero attached hydrogens (tertiary/aromatic N) is 1. The number of rotatable bonds is 5. The monoisotopic (exact) mass is 294 g/mol. The van der Waals surface area contributed by atoms with Crippen LogP contribution in [0.4, 0.5) is 5.69 Å². The summed E-state index contributed by atoms with van der Waals surface area (Å²) >= 11 is 8.18. The number of nitrogens with one attached hydrogen (secondary N) is 1. The number of hydrogen-bond donors (Lipinski definition) is 1. The molecule has 1 atom stereocenters. The molecule has 19 heavy (non-hydrogen) atoms. The summed E-state index contributed by atoms with van der Waals surface area (Å²) in [6, 6.07) is 10.8. The third-order valence-electron chi connectivity index (χ3n) is 3.31. The van der Waals surface area contributed by atoms with Gasteiger partial charge in [0.25, 0.3) is 0 Å². The van der Waals surface area contributed by atoms with Crippen molar-refractivity contribution in [3.05, 3.63) is 51.2 Å². The molecule has 2 rings (SSSR count). The molecular formula is C15H19ClN2S. The summed E-state index contributed by atoms with van der Waals surface area (Å²) in [5, 5.41) is 6.05. The molecule has 1 heterocycles. The van der Waals surface area contributed by atoms with Crippen LogP contribution in [0, 0.1) is 0 Å². The number of halogens is 1. The Balaban J connectivity index is 2.21. The molecule has 0 radical (unpaired) electrons. The molecule has 1 aromatic carbocycles. The maximum Gasteiger partial charge on any atom is 0.0642 e. The van der Waals surface area contributed by atoms with Crippen LogP contribution in [0.2, 0.25) is 5.02 Å². The van der Waals surface area contributed by atoms with Crippen LogP contribution in [0.1, 0.15) is 23.4 Å². The number of benzene rings is 1. The van der Waals surface area contributed by atoms with Crippen LogP contribution in [0.5, 0.6) is 0 Å². The Labute approximate surface area is 124 Å². The molecule has 0 amide bonds. The van der Waals surface area contributed by atoms with Crippen LogP contribution in [0.15, 0.2) is 35.7 Å². The van der Waals surface area contributed by atoms with Crippen molar-refractivity contribution in [1.29, 1.82) is 0 Å². The zero-order chi connectivity index (χ0) is 13.8. The van der Waals surface area contributed by atoms with Crippen molar-refractivity contribution in [3.63, 3.8) is 0 Å². The van der Waals surface area contributed by atoms with Crippen molar-refractivity contribution < 1.29 is 0 Å². The molecule has 2 aromatic rings. The number of hydrogen-bond acceptors (Lipinski definition) is 3.